The second kappa shape index (κ2) is 4.40. The molecule has 0 saturated heterocycles. The lowest BCUT2D eigenvalue weighted by atomic mass is 10.1. The van der Waals surface area contributed by atoms with E-state index in [1.165, 1.54) is 0 Å². The fourth-order valence-corrected chi connectivity index (χ4v) is 1.42. The van der Waals surface area contributed by atoms with E-state index in [-0.39, 0.29) is 5.54 Å². The number of hydrogen-bond acceptors (Lipinski definition) is 3. The molecule has 14 heavy (non-hydrogen) atoms. The van der Waals surface area contributed by atoms with Crippen molar-refractivity contribution in [3.8, 4) is 0 Å². The van der Waals surface area contributed by atoms with Crippen LogP contribution in [0, 0.1) is 0 Å². The first-order chi connectivity index (χ1) is 6.47. The third-order valence-electron chi connectivity index (χ3n) is 2.54. The molecule has 0 bridgehead atoms. The Balaban J connectivity index is 2.66. The largest absolute Gasteiger partial charge is 0.293 e. The van der Waals surface area contributed by atoms with Crippen molar-refractivity contribution in [3.05, 3.63) is 12.2 Å². The highest BCUT2D eigenvalue weighted by atomic mass is 79.9. The molecular weight excluding hydrogens is 244 g/mol. The van der Waals surface area contributed by atoms with Crippen LogP contribution in [-0.4, -0.2) is 37.6 Å². The van der Waals surface area contributed by atoms with E-state index in [2.05, 4.69) is 51.8 Å². The van der Waals surface area contributed by atoms with Crippen LogP contribution >= 0.6 is 15.9 Å². The Morgan fingerprint density at radius 1 is 1.57 bits per heavy atom. The topological polar surface area (TPSA) is 34.0 Å². The van der Waals surface area contributed by atoms with Crippen LogP contribution in [0.3, 0.4) is 0 Å². The summed E-state index contributed by atoms with van der Waals surface area (Å²) >= 11 is 3.51. The van der Waals surface area contributed by atoms with Gasteiger partial charge in [0.25, 0.3) is 0 Å². The Bertz CT molecular complexity index is 295. The van der Waals surface area contributed by atoms with Gasteiger partial charge in [-0.1, -0.05) is 15.9 Å². The van der Waals surface area contributed by atoms with Gasteiger partial charge < -0.3 is 0 Å². The molecular formula is C9H17BrN4. The number of rotatable bonds is 4. The standard InChI is InChI=1S/C9H17BrN4/c1-9(2,6-10)13(3)5-8-11-7-12-14(8)4/h7H,5-6H2,1-4H3. The highest BCUT2D eigenvalue weighted by Gasteiger charge is 2.22. The maximum absolute atomic E-state index is 4.20. The van der Waals surface area contributed by atoms with Crippen molar-refractivity contribution in [3.63, 3.8) is 0 Å². The van der Waals surface area contributed by atoms with E-state index in [4.69, 9.17) is 0 Å². The van der Waals surface area contributed by atoms with Crippen molar-refractivity contribution in [1.29, 1.82) is 0 Å². The number of hydrogen-bond donors (Lipinski definition) is 0. The summed E-state index contributed by atoms with van der Waals surface area (Å²) in [5, 5.41) is 4.98. The van der Waals surface area contributed by atoms with Gasteiger partial charge in [-0.2, -0.15) is 5.10 Å². The van der Waals surface area contributed by atoms with E-state index in [0.29, 0.717) is 0 Å². The Morgan fingerprint density at radius 3 is 2.64 bits per heavy atom. The molecule has 0 saturated carbocycles. The summed E-state index contributed by atoms with van der Waals surface area (Å²) in [6.07, 6.45) is 1.59. The minimum absolute atomic E-state index is 0.131. The molecule has 0 aliphatic carbocycles. The summed E-state index contributed by atoms with van der Waals surface area (Å²) in [7, 11) is 4.01. The summed E-state index contributed by atoms with van der Waals surface area (Å²) in [5.41, 5.74) is 0.131. The van der Waals surface area contributed by atoms with E-state index < -0.39 is 0 Å². The van der Waals surface area contributed by atoms with Gasteiger partial charge in [-0.25, -0.2) is 4.98 Å². The van der Waals surface area contributed by atoms with Crippen LogP contribution in [0.15, 0.2) is 6.33 Å². The SMILES string of the molecule is CN(Cc1ncnn1C)C(C)(C)CBr. The molecule has 0 aliphatic rings. The molecule has 5 heteroatoms. The van der Waals surface area contributed by atoms with E-state index in [1.807, 2.05) is 7.05 Å². The number of aromatic nitrogens is 3. The third-order valence-corrected chi connectivity index (χ3v) is 3.92. The van der Waals surface area contributed by atoms with Crippen molar-refractivity contribution in [2.75, 3.05) is 12.4 Å². The van der Waals surface area contributed by atoms with Crippen molar-refractivity contribution in [2.45, 2.75) is 25.9 Å². The number of alkyl halides is 1. The predicted octanol–water partition coefficient (Wildman–Crippen LogP) is 1.42. The number of halogens is 1. The third kappa shape index (κ3) is 2.54. The van der Waals surface area contributed by atoms with E-state index in [0.717, 1.165) is 17.7 Å². The number of nitrogens with zero attached hydrogens (tertiary/aromatic N) is 4. The van der Waals surface area contributed by atoms with Crippen LogP contribution in [0.1, 0.15) is 19.7 Å². The van der Waals surface area contributed by atoms with Crippen molar-refractivity contribution in [2.24, 2.45) is 7.05 Å². The Morgan fingerprint density at radius 2 is 2.21 bits per heavy atom. The molecule has 0 aliphatic heterocycles. The molecule has 1 aromatic heterocycles. The van der Waals surface area contributed by atoms with Crippen LogP contribution in [-0.2, 0) is 13.6 Å². The number of aryl methyl sites for hydroxylation is 1. The minimum Gasteiger partial charge on any atom is -0.293 e. The van der Waals surface area contributed by atoms with Gasteiger partial charge in [0.15, 0.2) is 0 Å². The van der Waals surface area contributed by atoms with E-state index in [1.54, 1.807) is 11.0 Å². The maximum atomic E-state index is 4.20. The van der Waals surface area contributed by atoms with Gasteiger partial charge in [-0.3, -0.25) is 9.58 Å². The summed E-state index contributed by atoms with van der Waals surface area (Å²) < 4.78 is 1.81. The molecule has 0 atom stereocenters. The van der Waals surface area contributed by atoms with Gasteiger partial charge in [0.05, 0.1) is 6.54 Å². The highest BCUT2D eigenvalue weighted by Crippen LogP contribution is 2.16. The molecule has 1 rings (SSSR count). The predicted molar refractivity (Wildman–Crippen MR) is 60.3 cm³/mol. The molecule has 0 radical (unpaired) electrons. The summed E-state index contributed by atoms with van der Waals surface area (Å²) in [6.45, 7) is 5.20. The summed E-state index contributed by atoms with van der Waals surface area (Å²) in [6, 6.07) is 0. The molecule has 1 aromatic rings. The van der Waals surface area contributed by atoms with Gasteiger partial charge >= 0.3 is 0 Å². The van der Waals surface area contributed by atoms with Crippen LogP contribution < -0.4 is 0 Å². The van der Waals surface area contributed by atoms with Gasteiger partial charge in [0.1, 0.15) is 12.2 Å². The Hall–Kier alpha value is -0.420. The van der Waals surface area contributed by atoms with Crippen LogP contribution in [0.25, 0.3) is 0 Å². The molecule has 0 N–H and O–H groups in total. The second-order valence-corrected chi connectivity index (χ2v) is 4.66. The first kappa shape index (κ1) is 11.7. The fraction of sp³-hybridized carbons (Fsp3) is 0.778. The van der Waals surface area contributed by atoms with E-state index >= 15 is 0 Å². The van der Waals surface area contributed by atoms with E-state index in [9.17, 15) is 0 Å². The molecule has 0 unspecified atom stereocenters. The molecule has 0 aromatic carbocycles. The van der Waals surface area contributed by atoms with Gasteiger partial charge in [-0.05, 0) is 20.9 Å². The summed E-state index contributed by atoms with van der Waals surface area (Å²) in [4.78, 5) is 6.45. The maximum Gasteiger partial charge on any atom is 0.140 e. The quantitative estimate of drug-likeness (QED) is 0.769. The van der Waals surface area contributed by atoms with Crippen LogP contribution in [0.4, 0.5) is 0 Å². The Kier molecular flexibility index (Phi) is 3.66. The average molecular weight is 261 g/mol. The molecule has 1 heterocycles. The molecule has 4 nitrogen and oxygen atoms in total. The van der Waals surface area contributed by atoms with Gasteiger partial charge in [0.2, 0.25) is 0 Å². The van der Waals surface area contributed by atoms with Crippen molar-refractivity contribution in [1.82, 2.24) is 19.7 Å². The lowest BCUT2D eigenvalue weighted by Crippen LogP contribution is -2.42. The molecule has 80 valence electrons. The van der Waals surface area contributed by atoms with Crippen LogP contribution in [0.5, 0.6) is 0 Å². The molecule has 0 amide bonds. The lowest BCUT2D eigenvalue weighted by Gasteiger charge is -2.33. The Labute approximate surface area is 93.4 Å². The fourth-order valence-electron chi connectivity index (χ4n) is 0.991. The van der Waals surface area contributed by atoms with Crippen LogP contribution in [0.2, 0.25) is 0 Å². The van der Waals surface area contributed by atoms with Gasteiger partial charge in [-0.15, -0.1) is 0 Å². The zero-order valence-corrected chi connectivity index (χ0v) is 10.7. The lowest BCUT2D eigenvalue weighted by molar-refractivity contribution is 0.167. The average Bonchev–Trinajstić information content (AvgIpc) is 2.52. The first-order valence-electron chi connectivity index (χ1n) is 4.57. The first-order valence-corrected chi connectivity index (χ1v) is 5.69. The zero-order valence-electron chi connectivity index (χ0n) is 9.16. The van der Waals surface area contributed by atoms with Crippen molar-refractivity contribution >= 4 is 15.9 Å². The monoisotopic (exact) mass is 260 g/mol. The minimum atomic E-state index is 0.131. The summed E-state index contributed by atoms with van der Waals surface area (Å²) in [5.74, 6) is 0.988. The molecule has 0 fully saturated rings. The highest BCUT2D eigenvalue weighted by molar-refractivity contribution is 9.09. The second-order valence-electron chi connectivity index (χ2n) is 4.10. The zero-order chi connectivity index (χ0) is 10.8. The normalized spacial score (nSPS) is 12.4. The smallest absolute Gasteiger partial charge is 0.140 e. The van der Waals surface area contributed by atoms with Gasteiger partial charge in [0, 0.05) is 17.9 Å². The molecule has 0 spiro atoms. The van der Waals surface area contributed by atoms with Crippen molar-refractivity contribution < 1.29 is 0 Å².